The summed E-state index contributed by atoms with van der Waals surface area (Å²) in [5.74, 6) is -0.102. The Kier molecular flexibility index (Phi) is 3.64. The molecule has 0 fully saturated rings. The lowest BCUT2D eigenvalue weighted by molar-refractivity contribution is -0.122. The summed E-state index contributed by atoms with van der Waals surface area (Å²) in [6.45, 7) is 6.43. The normalized spacial score (nSPS) is 15.4. The highest BCUT2D eigenvalue weighted by molar-refractivity contribution is 6.09. The van der Waals surface area contributed by atoms with E-state index < -0.39 is 5.41 Å². The lowest BCUT2D eigenvalue weighted by atomic mass is 9.86. The molecule has 5 nitrogen and oxygen atoms in total. The maximum Gasteiger partial charge on any atom is 0.255 e. The number of rotatable bonds is 3. The average molecular weight is 309 g/mol. The van der Waals surface area contributed by atoms with Crippen LogP contribution in [-0.4, -0.2) is 23.3 Å². The standard InChI is InChI=1S/C18H19N3O2/c1-4-21-15-6-5-13(11-14(15)18(2,3)17(21)23)20-16(22)12-7-9-19-10-8-12/h5-11H,4H2,1-3H3,(H,20,22). The number of pyridine rings is 1. The number of hydrogen-bond acceptors (Lipinski definition) is 3. The molecule has 1 aliphatic rings. The molecule has 2 aromatic rings. The average Bonchev–Trinajstić information content (AvgIpc) is 2.75. The van der Waals surface area contributed by atoms with E-state index in [-0.39, 0.29) is 11.8 Å². The summed E-state index contributed by atoms with van der Waals surface area (Å²) in [6, 6.07) is 8.94. The van der Waals surface area contributed by atoms with Crippen molar-refractivity contribution in [2.75, 3.05) is 16.8 Å². The van der Waals surface area contributed by atoms with E-state index in [1.54, 1.807) is 29.4 Å². The number of nitrogens with zero attached hydrogens (tertiary/aromatic N) is 2. The molecular weight excluding hydrogens is 290 g/mol. The van der Waals surface area contributed by atoms with Gasteiger partial charge in [-0.25, -0.2) is 0 Å². The van der Waals surface area contributed by atoms with Crippen LogP contribution in [0, 0.1) is 0 Å². The molecule has 0 spiro atoms. The number of carbonyl (C=O) groups is 2. The van der Waals surface area contributed by atoms with E-state index in [4.69, 9.17) is 0 Å². The number of carbonyl (C=O) groups excluding carboxylic acids is 2. The third kappa shape index (κ3) is 2.48. The quantitative estimate of drug-likeness (QED) is 0.948. The Labute approximate surface area is 135 Å². The first kappa shape index (κ1) is 15.2. The molecule has 0 unspecified atom stereocenters. The molecule has 0 radical (unpaired) electrons. The van der Waals surface area contributed by atoms with Crippen molar-refractivity contribution in [3.05, 3.63) is 53.9 Å². The Morgan fingerprint density at radius 1 is 1.22 bits per heavy atom. The molecule has 1 aliphatic heterocycles. The van der Waals surface area contributed by atoms with Crippen molar-refractivity contribution in [3.8, 4) is 0 Å². The molecule has 1 aromatic carbocycles. The number of hydrogen-bond donors (Lipinski definition) is 1. The predicted octanol–water partition coefficient (Wildman–Crippen LogP) is 2.98. The first-order valence-corrected chi connectivity index (χ1v) is 7.63. The van der Waals surface area contributed by atoms with Gasteiger partial charge in [0.1, 0.15) is 0 Å². The van der Waals surface area contributed by atoms with Crippen LogP contribution < -0.4 is 10.2 Å². The van der Waals surface area contributed by atoms with Crippen molar-refractivity contribution >= 4 is 23.2 Å². The molecule has 0 atom stereocenters. The second kappa shape index (κ2) is 5.50. The molecular formula is C18H19N3O2. The number of benzene rings is 1. The Morgan fingerprint density at radius 3 is 2.57 bits per heavy atom. The predicted molar refractivity (Wildman–Crippen MR) is 89.7 cm³/mol. The number of nitrogens with one attached hydrogen (secondary N) is 1. The van der Waals surface area contributed by atoms with Gasteiger partial charge in [-0.15, -0.1) is 0 Å². The third-order valence-corrected chi connectivity index (χ3v) is 4.26. The van der Waals surface area contributed by atoms with Crippen molar-refractivity contribution in [1.29, 1.82) is 0 Å². The number of likely N-dealkylation sites (N-methyl/N-ethyl adjacent to an activating group) is 1. The smallest absolute Gasteiger partial charge is 0.255 e. The molecule has 2 amide bonds. The number of amides is 2. The van der Waals surface area contributed by atoms with Crippen LogP contribution in [0.3, 0.4) is 0 Å². The summed E-state index contributed by atoms with van der Waals surface area (Å²) in [4.78, 5) is 30.4. The zero-order chi connectivity index (χ0) is 16.6. The first-order chi connectivity index (χ1) is 10.9. The van der Waals surface area contributed by atoms with Crippen molar-refractivity contribution in [3.63, 3.8) is 0 Å². The minimum Gasteiger partial charge on any atom is -0.322 e. The van der Waals surface area contributed by atoms with Gasteiger partial charge in [0.25, 0.3) is 5.91 Å². The molecule has 118 valence electrons. The molecule has 1 N–H and O–H groups in total. The van der Waals surface area contributed by atoms with Gasteiger partial charge < -0.3 is 10.2 Å². The fourth-order valence-electron chi connectivity index (χ4n) is 2.93. The van der Waals surface area contributed by atoms with E-state index in [0.29, 0.717) is 17.8 Å². The minimum atomic E-state index is -0.581. The van der Waals surface area contributed by atoms with Gasteiger partial charge in [0.2, 0.25) is 5.91 Å². The Balaban J connectivity index is 1.92. The Morgan fingerprint density at radius 2 is 1.91 bits per heavy atom. The summed E-state index contributed by atoms with van der Waals surface area (Å²) < 4.78 is 0. The van der Waals surface area contributed by atoms with Gasteiger partial charge >= 0.3 is 0 Å². The van der Waals surface area contributed by atoms with E-state index in [0.717, 1.165) is 11.3 Å². The van der Waals surface area contributed by atoms with Gasteiger partial charge in [-0.2, -0.15) is 0 Å². The van der Waals surface area contributed by atoms with Crippen molar-refractivity contribution < 1.29 is 9.59 Å². The molecule has 0 bridgehead atoms. The summed E-state index contributed by atoms with van der Waals surface area (Å²) in [7, 11) is 0. The highest BCUT2D eigenvalue weighted by Crippen LogP contribution is 2.42. The molecule has 1 aromatic heterocycles. The monoisotopic (exact) mass is 309 g/mol. The van der Waals surface area contributed by atoms with Crippen molar-refractivity contribution in [2.45, 2.75) is 26.2 Å². The van der Waals surface area contributed by atoms with E-state index >= 15 is 0 Å². The van der Waals surface area contributed by atoms with Crippen LogP contribution in [0.2, 0.25) is 0 Å². The van der Waals surface area contributed by atoms with Crippen LogP contribution in [0.25, 0.3) is 0 Å². The minimum absolute atomic E-state index is 0.0904. The zero-order valence-corrected chi connectivity index (χ0v) is 13.5. The molecule has 3 rings (SSSR count). The Bertz CT molecular complexity index is 769. The highest BCUT2D eigenvalue weighted by atomic mass is 16.2. The number of aromatic nitrogens is 1. The summed E-state index contributed by atoms with van der Waals surface area (Å²) >= 11 is 0. The van der Waals surface area contributed by atoms with E-state index in [1.807, 2.05) is 39.0 Å². The van der Waals surface area contributed by atoms with E-state index in [9.17, 15) is 9.59 Å². The van der Waals surface area contributed by atoms with Crippen molar-refractivity contribution in [2.24, 2.45) is 0 Å². The summed E-state index contributed by atoms with van der Waals surface area (Å²) in [5.41, 5.74) is 2.51. The van der Waals surface area contributed by atoms with Gasteiger partial charge in [0.15, 0.2) is 0 Å². The van der Waals surface area contributed by atoms with E-state index in [1.165, 1.54) is 0 Å². The van der Waals surface area contributed by atoms with Gasteiger partial charge in [-0.05, 0) is 56.7 Å². The second-order valence-electron chi connectivity index (χ2n) is 6.10. The maximum absolute atomic E-state index is 12.5. The number of anilines is 2. The lowest BCUT2D eigenvalue weighted by Crippen LogP contribution is -2.35. The van der Waals surface area contributed by atoms with Crippen molar-refractivity contribution in [1.82, 2.24) is 4.98 Å². The maximum atomic E-state index is 12.5. The van der Waals surface area contributed by atoms with Crippen LogP contribution in [0.15, 0.2) is 42.7 Å². The lowest BCUT2D eigenvalue weighted by Gasteiger charge is -2.18. The fraction of sp³-hybridized carbons (Fsp3) is 0.278. The summed E-state index contributed by atoms with van der Waals surface area (Å²) in [6.07, 6.45) is 3.16. The number of fused-ring (bicyclic) bond motifs is 1. The summed E-state index contributed by atoms with van der Waals surface area (Å²) in [5, 5.41) is 2.88. The Hall–Kier alpha value is -2.69. The van der Waals surface area contributed by atoms with Gasteiger partial charge in [0, 0.05) is 35.9 Å². The van der Waals surface area contributed by atoms with Crippen LogP contribution in [0.5, 0.6) is 0 Å². The van der Waals surface area contributed by atoms with Crippen LogP contribution in [0.4, 0.5) is 11.4 Å². The van der Waals surface area contributed by atoms with Gasteiger partial charge in [-0.3, -0.25) is 14.6 Å². The van der Waals surface area contributed by atoms with Gasteiger partial charge in [-0.1, -0.05) is 0 Å². The largest absolute Gasteiger partial charge is 0.322 e. The van der Waals surface area contributed by atoms with Crippen LogP contribution in [-0.2, 0) is 10.2 Å². The fourth-order valence-corrected chi connectivity index (χ4v) is 2.93. The molecule has 5 heteroatoms. The molecule has 2 heterocycles. The second-order valence-corrected chi connectivity index (χ2v) is 6.10. The zero-order valence-electron chi connectivity index (χ0n) is 13.5. The highest BCUT2D eigenvalue weighted by Gasteiger charge is 2.43. The molecule has 0 saturated carbocycles. The van der Waals surface area contributed by atoms with Gasteiger partial charge in [0.05, 0.1) is 5.41 Å². The molecule has 23 heavy (non-hydrogen) atoms. The first-order valence-electron chi connectivity index (χ1n) is 7.63. The SMILES string of the molecule is CCN1C(=O)C(C)(C)c2cc(NC(=O)c3ccncc3)ccc21. The van der Waals surface area contributed by atoms with Crippen LogP contribution >= 0.6 is 0 Å². The molecule has 0 saturated heterocycles. The third-order valence-electron chi connectivity index (χ3n) is 4.26. The van der Waals surface area contributed by atoms with Crippen LogP contribution in [0.1, 0.15) is 36.7 Å². The topological polar surface area (TPSA) is 62.3 Å². The molecule has 0 aliphatic carbocycles. The van der Waals surface area contributed by atoms with E-state index in [2.05, 4.69) is 10.3 Å².